The number of nitrogens with two attached hydrogens (primary N) is 1. The molecule has 1 aromatic rings. The Morgan fingerprint density at radius 3 is 2.23 bits per heavy atom. The number of esters is 2. The predicted octanol–water partition coefficient (Wildman–Crippen LogP) is 1.87. The number of rotatable bonds is 19. The fourth-order valence-corrected chi connectivity index (χ4v) is 3.78. The van der Waals surface area contributed by atoms with Gasteiger partial charge in [-0.05, 0) is 68.6 Å². The molecule has 0 spiro atoms. The molecule has 3 unspecified atom stereocenters. The van der Waals surface area contributed by atoms with E-state index in [0.29, 0.717) is 19.3 Å². The Balaban J connectivity index is 2.36. The highest BCUT2D eigenvalue weighted by molar-refractivity contribution is 5.91. The number of aliphatic hydroxyl groups excluding tert-OH is 1. The van der Waals surface area contributed by atoms with Gasteiger partial charge in [0, 0.05) is 6.54 Å². The molecule has 1 rings (SSSR count). The predicted molar refractivity (Wildman–Crippen MR) is 159 cm³/mol. The molecule has 0 radical (unpaired) electrons. The number of ether oxygens (including phenoxy) is 2. The first-order valence-corrected chi connectivity index (χ1v) is 14.4. The number of carbonyl (C=O) groups is 5. The largest absolute Gasteiger partial charge is 0.479 e. The van der Waals surface area contributed by atoms with Gasteiger partial charge in [0.2, 0.25) is 11.8 Å². The summed E-state index contributed by atoms with van der Waals surface area (Å²) >= 11 is 0. The second kappa shape index (κ2) is 18.7. The van der Waals surface area contributed by atoms with Gasteiger partial charge in [0.25, 0.3) is 0 Å². The molecule has 0 bridgehead atoms. The summed E-state index contributed by atoms with van der Waals surface area (Å²) in [5, 5.41) is 24.9. The molecule has 0 aliphatic carbocycles. The SMILES string of the molecule is CC(C)CC(OC(=O)C(C)(C)CNC(=O)CNC(=O)/C=C/CCC(C)C(O)Cc1ccc(COC(=O)CN)cc1)C(=O)O. The van der Waals surface area contributed by atoms with Gasteiger partial charge in [0.15, 0.2) is 6.10 Å². The molecule has 0 aliphatic rings. The van der Waals surface area contributed by atoms with Crippen LogP contribution >= 0.6 is 0 Å². The summed E-state index contributed by atoms with van der Waals surface area (Å²) in [6.07, 6.45) is 2.97. The van der Waals surface area contributed by atoms with Crippen molar-refractivity contribution < 1.29 is 43.7 Å². The molecule has 0 saturated carbocycles. The van der Waals surface area contributed by atoms with Gasteiger partial charge >= 0.3 is 17.9 Å². The van der Waals surface area contributed by atoms with E-state index >= 15 is 0 Å². The summed E-state index contributed by atoms with van der Waals surface area (Å²) in [6.45, 7) is 8.20. The number of carbonyl (C=O) groups excluding carboxylic acids is 4. The van der Waals surface area contributed by atoms with E-state index in [0.717, 1.165) is 11.1 Å². The van der Waals surface area contributed by atoms with Gasteiger partial charge < -0.3 is 36.1 Å². The zero-order chi connectivity index (χ0) is 32.6. The topological polar surface area (TPSA) is 194 Å². The van der Waals surface area contributed by atoms with Gasteiger partial charge in [-0.25, -0.2) is 4.79 Å². The lowest BCUT2D eigenvalue weighted by Gasteiger charge is -2.25. The molecule has 0 aliphatic heterocycles. The third-order valence-electron chi connectivity index (χ3n) is 6.66. The van der Waals surface area contributed by atoms with E-state index < -0.39 is 47.3 Å². The Hall–Kier alpha value is -3.77. The zero-order valence-corrected chi connectivity index (χ0v) is 25.8. The van der Waals surface area contributed by atoms with Crippen LogP contribution in [-0.2, 0) is 46.5 Å². The van der Waals surface area contributed by atoms with Crippen molar-refractivity contribution in [3.8, 4) is 0 Å². The maximum atomic E-state index is 12.5. The number of allylic oxidation sites excluding steroid dienone is 1. The highest BCUT2D eigenvalue weighted by Crippen LogP contribution is 2.20. The number of aliphatic hydroxyl groups is 1. The van der Waals surface area contributed by atoms with Crippen LogP contribution in [0.25, 0.3) is 0 Å². The lowest BCUT2D eigenvalue weighted by Crippen LogP contribution is -2.45. The molecule has 12 nitrogen and oxygen atoms in total. The fourth-order valence-electron chi connectivity index (χ4n) is 3.78. The van der Waals surface area contributed by atoms with Crippen LogP contribution in [0, 0.1) is 17.3 Å². The fraction of sp³-hybridized carbons (Fsp3) is 0.581. The quantitative estimate of drug-likeness (QED) is 0.115. The number of carboxylic acids is 1. The van der Waals surface area contributed by atoms with Crippen molar-refractivity contribution in [1.82, 2.24) is 10.6 Å². The van der Waals surface area contributed by atoms with E-state index in [2.05, 4.69) is 10.6 Å². The molecule has 43 heavy (non-hydrogen) atoms. The molecule has 6 N–H and O–H groups in total. The highest BCUT2D eigenvalue weighted by Gasteiger charge is 2.34. The Bertz CT molecular complexity index is 1100. The van der Waals surface area contributed by atoms with Crippen LogP contribution in [0.1, 0.15) is 65.0 Å². The van der Waals surface area contributed by atoms with Gasteiger partial charge in [-0.3, -0.25) is 19.2 Å². The van der Waals surface area contributed by atoms with Gasteiger partial charge in [0.1, 0.15) is 6.61 Å². The summed E-state index contributed by atoms with van der Waals surface area (Å²) < 4.78 is 10.1. The van der Waals surface area contributed by atoms with Crippen molar-refractivity contribution >= 4 is 29.7 Å². The number of hydrogen-bond acceptors (Lipinski definition) is 9. The molecule has 12 heteroatoms. The lowest BCUT2D eigenvalue weighted by atomic mass is 9.93. The number of amides is 2. The lowest BCUT2D eigenvalue weighted by molar-refractivity contribution is -0.171. The van der Waals surface area contributed by atoms with Crippen LogP contribution in [0.5, 0.6) is 0 Å². The molecule has 1 aromatic carbocycles. The van der Waals surface area contributed by atoms with Gasteiger partial charge in [-0.15, -0.1) is 0 Å². The van der Waals surface area contributed by atoms with E-state index in [4.69, 9.17) is 15.2 Å². The molecule has 2 amide bonds. The monoisotopic (exact) mass is 605 g/mol. The van der Waals surface area contributed by atoms with Crippen LogP contribution < -0.4 is 16.4 Å². The smallest absolute Gasteiger partial charge is 0.345 e. The van der Waals surface area contributed by atoms with E-state index in [1.807, 2.05) is 45.0 Å². The van der Waals surface area contributed by atoms with Crippen molar-refractivity contribution in [2.24, 2.45) is 23.0 Å². The van der Waals surface area contributed by atoms with E-state index in [-0.39, 0.29) is 44.5 Å². The number of benzene rings is 1. The first kappa shape index (κ1) is 37.3. The zero-order valence-electron chi connectivity index (χ0n) is 25.8. The minimum absolute atomic E-state index is 0.0165. The van der Waals surface area contributed by atoms with Crippen LogP contribution in [0.3, 0.4) is 0 Å². The van der Waals surface area contributed by atoms with Gasteiger partial charge in [0.05, 0.1) is 24.6 Å². The summed E-state index contributed by atoms with van der Waals surface area (Å²) in [6, 6.07) is 7.41. The first-order chi connectivity index (χ1) is 20.1. The van der Waals surface area contributed by atoms with Crippen LogP contribution in [-0.4, -0.2) is 71.8 Å². The number of carboxylic acid groups (broad SMARTS) is 1. The third-order valence-corrected chi connectivity index (χ3v) is 6.66. The summed E-state index contributed by atoms with van der Waals surface area (Å²) in [4.78, 5) is 59.3. The van der Waals surface area contributed by atoms with Crippen molar-refractivity contribution in [2.75, 3.05) is 19.6 Å². The molecular weight excluding hydrogens is 558 g/mol. The van der Waals surface area contributed by atoms with Crippen molar-refractivity contribution in [3.63, 3.8) is 0 Å². The summed E-state index contributed by atoms with van der Waals surface area (Å²) in [5.74, 6) is -3.43. The van der Waals surface area contributed by atoms with Crippen molar-refractivity contribution in [1.29, 1.82) is 0 Å². The maximum Gasteiger partial charge on any atom is 0.345 e. The van der Waals surface area contributed by atoms with E-state index in [1.54, 1.807) is 6.08 Å². The Kier molecular flexibility index (Phi) is 16.2. The summed E-state index contributed by atoms with van der Waals surface area (Å²) in [7, 11) is 0. The van der Waals surface area contributed by atoms with Crippen molar-refractivity contribution in [3.05, 3.63) is 47.5 Å². The molecular formula is C31H47N3O9. The second-order valence-electron chi connectivity index (χ2n) is 11.6. The minimum atomic E-state index is -1.26. The minimum Gasteiger partial charge on any atom is -0.479 e. The first-order valence-electron chi connectivity index (χ1n) is 14.4. The highest BCUT2D eigenvalue weighted by atomic mass is 16.6. The summed E-state index contributed by atoms with van der Waals surface area (Å²) in [5.41, 5.74) is 5.81. The van der Waals surface area contributed by atoms with Crippen LogP contribution in [0.15, 0.2) is 36.4 Å². The molecule has 0 aromatic heterocycles. The van der Waals surface area contributed by atoms with E-state index in [9.17, 15) is 34.2 Å². The average Bonchev–Trinajstić information content (AvgIpc) is 2.95. The van der Waals surface area contributed by atoms with Gasteiger partial charge in [-0.1, -0.05) is 51.1 Å². The normalized spacial score (nSPS) is 13.7. The number of nitrogens with one attached hydrogen (secondary N) is 2. The van der Waals surface area contributed by atoms with Crippen LogP contribution in [0.2, 0.25) is 0 Å². The molecule has 3 atom stereocenters. The second-order valence-corrected chi connectivity index (χ2v) is 11.6. The van der Waals surface area contributed by atoms with E-state index in [1.165, 1.54) is 19.9 Å². The number of aliphatic carboxylic acids is 1. The van der Waals surface area contributed by atoms with Crippen molar-refractivity contribution in [2.45, 2.75) is 79.1 Å². The standard InChI is InChI=1S/C31H47N3O9/c1-20(2)14-25(29(39)40)43-30(41)31(4,5)19-34-27(37)17-33-26(36)9-7-6-8-21(3)24(35)15-22-10-12-23(13-11-22)18-42-28(38)16-32/h7,9-13,20-21,24-25,35H,6,8,14-19,32H2,1-5H3,(H,33,36)(H,34,37)(H,39,40)/b9-7+. The number of hydrogen-bond donors (Lipinski definition) is 5. The molecule has 240 valence electrons. The molecule has 0 heterocycles. The Morgan fingerprint density at radius 2 is 1.65 bits per heavy atom. The molecule has 0 fully saturated rings. The Morgan fingerprint density at radius 1 is 1.02 bits per heavy atom. The third kappa shape index (κ3) is 15.3. The Labute approximate surface area is 253 Å². The van der Waals surface area contributed by atoms with Crippen LogP contribution in [0.4, 0.5) is 0 Å². The van der Waals surface area contributed by atoms with Gasteiger partial charge in [-0.2, -0.15) is 0 Å². The molecule has 0 saturated heterocycles. The average molecular weight is 606 g/mol. The maximum absolute atomic E-state index is 12.5.